The van der Waals surface area contributed by atoms with E-state index >= 15 is 0 Å². The number of carbonyl (C=O) groups is 1. The third kappa shape index (κ3) is 3.01. The number of carbonyl (C=O) groups excluding carboxylic acids is 1. The van der Waals surface area contributed by atoms with Crippen LogP contribution in [0.5, 0.6) is 0 Å². The van der Waals surface area contributed by atoms with E-state index in [1.807, 2.05) is 17.0 Å². The average molecular weight is 310 g/mol. The Morgan fingerprint density at radius 1 is 1.24 bits per heavy atom. The fourth-order valence-electron chi connectivity index (χ4n) is 3.32. The normalized spacial score (nSPS) is 25.0. The first-order valence-corrected chi connectivity index (χ1v) is 7.53. The summed E-state index contributed by atoms with van der Waals surface area (Å²) in [6.07, 6.45) is 2.09. The lowest BCUT2D eigenvalue weighted by Gasteiger charge is -2.39. The molecule has 5 heteroatoms. The number of amides is 1. The third-order valence-electron chi connectivity index (χ3n) is 4.59. The minimum atomic E-state index is 0. The molecule has 2 aliphatic rings. The van der Waals surface area contributed by atoms with Crippen LogP contribution in [-0.2, 0) is 4.79 Å². The van der Waals surface area contributed by atoms with E-state index in [4.69, 9.17) is 0 Å². The van der Waals surface area contributed by atoms with Gasteiger partial charge < -0.3 is 15.1 Å². The summed E-state index contributed by atoms with van der Waals surface area (Å²) in [4.78, 5) is 17.1. The lowest BCUT2D eigenvalue weighted by atomic mass is 9.90. The van der Waals surface area contributed by atoms with E-state index in [0.717, 1.165) is 43.9 Å². The van der Waals surface area contributed by atoms with Crippen molar-refractivity contribution in [3.05, 3.63) is 24.3 Å². The first-order valence-electron chi connectivity index (χ1n) is 7.53. The van der Waals surface area contributed by atoms with Gasteiger partial charge in [-0.3, -0.25) is 4.79 Å². The molecule has 3 rings (SSSR count). The molecule has 0 radical (unpaired) electrons. The summed E-state index contributed by atoms with van der Waals surface area (Å²) in [6, 6.07) is 8.49. The Balaban J connectivity index is 0.00000161. The average Bonchev–Trinajstić information content (AvgIpc) is 2.48. The van der Waals surface area contributed by atoms with Crippen LogP contribution in [-0.4, -0.2) is 38.6 Å². The topological polar surface area (TPSA) is 35.6 Å². The number of likely N-dealkylation sites (N-methyl/N-ethyl adjacent to an activating group) is 1. The molecule has 1 N–H and O–H groups in total. The van der Waals surface area contributed by atoms with Crippen LogP contribution < -0.4 is 15.1 Å². The van der Waals surface area contributed by atoms with Gasteiger partial charge in [-0.05, 0) is 38.4 Å². The van der Waals surface area contributed by atoms with Gasteiger partial charge in [0.05, 0.1) is 17.3 Å². The number of anilines is 2. The molecule has 21 heavy (non-hydrogen) atoms. The van der Waals surface area contributed by atoms with E-state index in [-0.39, 0.29) is 30.3 Å². The maximum Gasteiger partial charge on any atom is 0.231 e. The number of rotatable bonds is 1. The summed E-state index contributed by atoms with van der Waals surface area (Å²) in [6.45, 7) is 4.85. The SMILES string of the molecule is CC1NCCCC1C(=O)N1CCN(C)c2ccccc21.Cl. The summed E-state index contributed by atoms with van der Waals surface area (Å²) >= 11 is 0. The van der Waals surface area contributed by atoms with Crippen molar-refractivity contribution in [2.75, 3.05) is 36.5 Å². The second-order valence-electron chi connectivity index (χ2n) is 5.89. The van der Waals surface area contributed by atoms with Crippen molar-refractivity contribution in [1.82, 2.24) is 5.32 Å². The predicted octanol–water partition coefficient (Wildman–Crippen LogP) is 2.28. The number of nitrogens with zero attached hydrogens (tertiary/aromatic N) is 2. The van der Waals surface area contributed by atoms with Crippen LogP contribution in [0.25, 0.3) is 0 Å². The Hall–Kier alpha value is -1.26. The first-order chi connectivity index (χ1) is 9.68. The summed E-state index contributed by atoms with van der Waals surface area (Å²) in [7, 11) is 2.09. The largest absolute Gasteiger partial charge is 0.371 e. The second kappa shape index (κ2) is 6.67. The zero-order valence-corrected chi connectivity index (χ0v) is 13.5. The number of benzene rings is 1. The van der Waals surface area contributed by atoms with Crippen molar-refractivity contribution >= 4 is 29.7 Å². The van der Waals surface area contributed by atoms with Gasteiger partial charge >= 0.3 is 0 Å². The van der Waals surface area contributed by atoms with Crippen LogP contribution in [0.15, 0.2) is 24.3 Å². The molecule has 2 unspecified atom stereocenters. The van der Waals surface area contributed by atoms with Gasteiger partial charge in [-0.15, -0.1) is 12.4 Å². The van der Waals surface area contributed by atoms with Crippen LogP contribution >= 0.6 is 12.4 Å². The minimum absolute atomic E-state index is 0. The van der Waals surface area contributed by atoms with Gasteiger partial charge in [-0.25, -0.2) is 0 Å². The smallest absolute Gasteiger partial charge is 0.231 e. The summed E-state index contributed by atoms with van der Waals surface area (Å²) < 4.78 is 0. The van der Waals surface area contributed by atoms with Crippen LogP contribution in [0.2, 0.25) is 0 Å². The number of halogens is 1. The lowest BCUT2D eigenvalue weighted by Crippen LogP contribution is -2.51. The second-order valence-corrected chi connectivity index (χ2v) is 5.89. The van der Waals surface area contributed by atoms with Gasteiger partial charge in [0, 0.05) is 26.2 Å². The van der Waals surface area contributed by atoms with Gasteiger partial charge in [0.25, 0.3) is 0 Å². The third-order valence-corrected chi connectivity index (χ3v) is 4.59. The van der Waals surface area contributed by atoms with Gasteiger partial charge in [0.1, 0.15) is 0 Å². The van der Waals surface area contributed by atoms with E-state index in [1.54, 1.807) is 0 Å². The monoisotopic (exact) mass is 309 g/mol. The van der Waals surface area contributed by atoms with Crippen molar-refractivity contribution in [3.63, 3.8) is 0 Å². The highest BCUT2D eigenvalue weighted by Crippen LogP contribution is 2.33. The summed E-state index contributed by atoms with van der Waals surface area (Å²) in [5.74, 6) is 0.394. The number of hydrogen-bond acceptors (Lipinski definition) is 3. The van der Waals surface area contributed by atoms with Crippen molar-refractivity contribution in [2.45, 2.75) is 25.8 Å². The van der Waals surface area contributed by atoms with Gasteiger partial charge in [-0.2, -0.15) is 0 Å². The Labute approximate surface area is 132 Å². The fourth-order valence-corrected chi connectivity index (χ4v) is 3.32. The molecule has 0 spiro atoms. The molecule has 0 aromatic heterocycles. The van der Waals surface area contributed by atoms with E-state index in [1.165, 1.54) is 0 Å². The molecular formula is C16H24ClN3O. The molecular weight excluding hydrogens is 286 g/mol. The first kappa shape index (κ1) is 16.1. The fraction of sp³-hybridized carbons (Fsp3) is 0.562. The molecule has 1 amide bonds. The molecule has 0 bridgehead atoms. The van der Waals surface area contributed by atoms with Crippen molar-refractivity contribution in [1.29, 1.82) is 0 Å². The van der Waals surface area contributed by atoms with E-state index in [0.29, 0.717) is 0 Å². The number of piperidine rings is 1. The van der Waals surface area contributed by atoms with Crippen molar-refractivity contribution in [2.24, 2.45) is 5.92 Å². The minimum Gasteiger partial charge on any atom is -0.371 e. The van der Waals surface area contributed by atoms with Gasteiger partial charge in [-0.1, -0.05) is 12.1 Å². The Kier molecular flexibility index (Phi) is 5.12. The highest BCUT2D eigenvalue weighted by molar-refractivity contribution is 5.99. The Morgan fingerprint density at radius 2 is 1.95 bits per heavy atom. The lowest BCUT2D eigenvalue weighted by molar-refractivity contribution is -0.123. The number of hydrogen-bond donors (Lipinski definition) is 1. The van der Waals surface area contributed by atoms with E-state index in [9.17, 15) is 4.79 Å². The molecule has 1 fully saturated rings. The number of nitrogens with one attached hydrogen (secondary N) is 1. The maximum absolute atomic E-state index is 12.9. The van der Waals surface area contributed by atoms with Crippen molar-refractivity contribution < 1.29 is 4.79 Å². The van der Waals surface area contributed by atoms with Crippen LogP contribution in [0.3, 0.4) is 0 Å². The Morgan fingerprint density at radius 3 is 2.67 bits per heavy atom. The summed E-state index contributed by atoms with van der Waals surface area (Å²) in [5, 5.41) is 3.43. The zero-order chi connectivity index (χ0) is 14.1. The molecule has 4 nitrogen and oxygen atoms in total. The van der Waals surface area contributed by atoms with E-state index in [2.05, 4.69) is 36.3 Å². The molecule has 2 heterocycles. The van der Waals surface area contributed by atoms with E-state index < -0.39 is 0 Å². The van der Waals surface area contributed by atoms with Gasteiger partial charge in [0.15, 0.2) is 0 Å². The number of fused-ring (bicyclic) bond motifs is 1. The molecule has 1 aromatic rings. The summed E-state index contributed by atoms with van der Waals surface area (Å²) in [5.41, 5.74) is 2.22. The molecule has 116 valence electrons. The Bertz CT molecular complexity index is 508. The quantitative estimate of drug-likeness (QED) is 0.864. The number of para-hydroxylation sites is 2. The zero-order valence-electron chi connectivity index (χ0n) is 12.7. The van der Waals surface area contributed by atoms with Crippen LogP contribution in [0, 0.1) is 5.92 Å². The molecule has 0 saturated carbocycles. The highest BCUT2D eigenvalue weighted by Gasteiger charge is 2.34. The maximum atomic E-state index is 12.9. The molecule has 1 aromatic carbocycles. The standard InChI is InChI=1S/C16H23N3O.ClH/c1-12-13(6-5-9-17-12)16(20)19-11-10-18(2)14-7-3-4-8-15(14)19;/h3-4,7-8,12-13,17H,5-6,9-11H2,1-2H3;1H. The highest BCUT2D eigenvalue weighted by atomic mass is 35.5. The van der Waals surface area contributed by atoms with Crippen LogP contribution in [0.1, 0.15) is 19.8 Å². The van der Waals surface area contributed by atoms with Crippen LogP contribution in [0.4, 0.5) is 11.4 Å². The van der Waals surface area contributed by atoms with Crippen molar-refractivity contribution in [3.8, 4) is 0 Å². The molecule has 2 aliphatic heterocycles. The predicted molar refractivity (Wildman–Crippen MR) is 89.5 cm³/mol. The van der Waals surface area contributed by atoms with Gasteiger partial charge in [0.2, 0.25) is 5.91 Å². The molecule has 2 atom stereocenters. The molecule has 0 aliphatic carbocycles. The molecule has 1 saturated heterocycles.